The van der Waals surface area contributed by atoms with Gasteiger partial charge in [-0.05, 0) is 148 Å². The summed E-state index contributed by atoms with van der Waals surface area (Å²) in [6, 6.07) is 21.2. The number of hydrogen-bond acceptors (Lipinski definition) is 8. The lowest BCUT2D eigenvalue weighted by atomic mass is 9.65. The summed E-state index contributed by atoms with van der Waals surface area (Å²) in [5, 5.41) is 12.7. The van der Waals surface area contributed by atoms with Crippen molar-refractivity contribution in [1.29, 1.82) is 0 Å². The molecule has 0 saturated carbocycles. The summed E-state index contributed by atoms with van der Waals surface area (Å²) in [6.45, 7) is 10.1. The van der Waals surface area contributed by atoms with Gasteiger partial charge in [0.1, 0.15) is 11.8 Å². The summed E-state index contributed by atoms with van der Waals surface area (Å²) < 4.78 is 0. The van der Waals surface area contributed by atoms with E-state index in [-0.39, 0.29) is 24.1 Å². The van der Waals surface area contributed by atoms with E-state index in [0.717, 1.165) is 69.4 Å². The van der Waals surface area contributed by atoms with E-state index in [1.54, 1.807) is 4.90 Å². The average Bonchev–Trinajstić information content (AvgIpc) is 3.53. The molecule has 3 aromatic carbocycles. The van der Waals surface area contributed by atoms with Gasteiger partial charge in [0.25, 0.3) is 5.91 Å². The number of carbonyl (C=O) groups is 3. The van der Waals surface area contributed by atoms with Gasteiger partial charge >= 0.3 is 0 Å². The van der Waals surface area contributed by atoms with Crippen LogP contribution in [0.15, 0.2) is 60.7 Å². The summed E-state index contributed by atoms with van der Waals surface area (Å²) in [5.74, 6) is 2.12. The minimum Gasteiger partial charge on any atom is -0.508 e. The van der Waals surface area contributed by atoms with Crippen LogP contribution < -0.4 is 15.1 Å². The van der Waals surface area contributed by atoms with Crippen molar-refractivity contribution in [3.63, 3.8) is 0 Å². The number of hydrogen-bond donors (Lipinski definition) is 2. The molecule has 0 bridgehead atoms. The normalized spacial score (nSPS) is 25.9. The first-order chi connectivity index (χ1) is 26.8. The van der Waals surface area contributed by atoms with Crippen LogP contribution >= 0.6 is 0 Å². The standard InChI is InChI=1S/C45H56N6O4/c1-47-18-16-31(17-19-47)38-9-4-33-27-37(52)8-11-39(33)43(38)32-2-5-35(6-3-32)49-20-14-30(15-21-49)28-48-22-24-50(25-23-48)36-7-10-40-34(26-36)29-51(45(40)55)41-12-13-42(53)46-44(41)54/h2-3,5-8,10-11,26-27,30-31,38,41,43,52H,4,9,12-25,28-29H2,1H3,(H,46,53,54)/t38-,41-,43+/m1/s1. The number of rotatable bonds is 7. The number of likely N-dealkylation sites (tertiary alicyclic amines) is 1. The molecule has 10 nitrogen and oxygen atoms in total. The Morgan fingerprint density at radius 1 is 0.709 bits per heavy atom. The first kappa shape index (κ1) is 36.2. The summed E-state index contributed by atoms with van der Waals surface area (Å²) in [5.41, 5.74) is 8.28. The predicted octanol–water partition coefficient (Wildman–Crippen LogP) is 5.23. The first-order valence-corrected chi connectivity index (χ1v) is 20.9. The molecular formula is C45H56N6O4. The molecule has 3 atom stereocenters. The second kappa shape index (κ2) is 15.3. The molecule has 0 aromatic heterocycles. The van der Waals surface area contributed by atoms with Crippen molar-refractivity contribution in [1.82, 2.24) is 20.0 Å². The van der Waals surface area contributed by atoms with Crippen LogP contribution in [0.1, 0.15) is 83.5 Å². The van der Waals surface area contributed by atoms with Crippen LogP contribution in [0, 0.1) is 17.8 Å². The zero-order valence-electron chi connectivity index (χ0n) is 32.3. The highest BCUT2D eigenvalue weighted by atomic mass is 16.3. The van der Waals surface area contributed by atoms with Gasteiger partial charge in [0.15, 0.2) is 0 Å². The van der Waals surface area contributed by atoms with Gasteiger partial charge in [-0.25, -0.2) is 0 Å². The number of carbonyl (C=O) groups excluding carboxylic acids is 3. The molecule has 2 N–H and O–H groups in total. The number of imide groups is 1. The highest BCUT2D eigenvalue weighted by Gasteiger charge is 2.40. The Hall–Kier alpha value is -4.41. The number of fused-ring (bicyclic) bond motifs is 2. The van der Waals surface area contributed by atoms with E-state index >= 15 is 0 Å². The van der Waals surface area contributed by atoms with E-state index in [1.807, 2.05) is 18.2 Å². The monoisotopic (exact) mass is 744 g/mol. The second-order valence-corrected chi connectivity index (χ2v) is 17.3. The number of phenols is 1. The Kier molecular flexibility index (Phi) is 10.1. The molecule has 0 unspecified atom stereocenters. The van der Waals surface area contributed by atoms with Crippen LogP contribution in [0.25, 0.3) is 0 Å². The van der Waals surface area contributed by atoms with Crippen LogP contribution in [0.3, 0.4) is 0 Å². The Labute approximate surface area is 325 Å². The Morgan fingerprint density at radius 3 is 2.18 bits per heavy atom. The third-order valence-corrected chi connectivity index (χ3v) is 14.0. The van der Waals surface area contributed by atoms with E-state index in [1.165, 1.54) is 67.6 Å². The number of phenolic OH excluding ortho intramolecular Hbond substituents is 1. The molecule has 3 aromatic rings. The fourth-order valence-corrected chi connectivity index (χ4v) is 10.8. The highest BCUT2D eigenvalue weighted by Crippen LogP contribution is 2.47. The van der Waals surface area contributed by atoms with Gasteiger partial charge in [0.2, 0.25) is 11.8 Å². The number of nitrogens with one attached hydrogen (secondary N) is 1. The SMILES string of the molecule is CN1CCC([C@H]2CCc3cc(O)ccc3[C@H]2c2ccc(N3CCC(CN4CCN(c5ccc6c(c5)CN([C@@H]5CCC(=O)NC5=O)C6=O)CC4)CC3)cc2)CC1. The molecule has 0 spiro atoms. The largest absolute Gasteiger partial charge is 0.508 e. The first-order valence-electron chi connectivity index (χ1n) is 20.9. The number of piperazine rings is 1. The van der Waals surface area contributed by atoms with E-state index < -0.39 is 6.04 Å². The minimum absolute atomic E-state index is 0.117. The van der Waals surface area contributed by atoms with Crippen molar-refractivity contribution in [3.8, 4) is 5.75 Å². The molecular weight excluding hydrogens is 689 g/mol. The molecule has 10 heteroatoms. The molecule has 4 saturated heterocycles. The Morgan fingerprint density at radius 2 is 1.44 bits per heavy atom. The number of amides is 3. The summed E-state index contributed by atoms with van der Waals surface area (Å²) in [7, 11) is 2.25. The van der Waals surface area contributed by atoms with Gasteiger partial charge in [-0.15, -0.1) is 0 Å². The summed E-state index contributed by atoms with van der Waals surface area (Å²) in [4.78, 5) is 49.0. The molecule has 3 amide bonds. The van der Waals surface area contributed by atoms with E-state index in [0.29, 0.717) is 42.0 Å². The molecule has 290 valence electrons. The van der Waals surface area contributed by atoms with Gasteiger partial charge in [-0.3, -0.25) is 24.6 Å². The van der Waals surface area contributed by atoms with Crippen LogP contribution in [0.2, 0.25) is 0 Å². The third-order valence-electron chi connectivity index (χ3n) is 14.0. The van der Waals surface area contributed by atoms with Crippen LogP contribution in [-0.2, 0) is 22.6 Å². The van der Waals surface area contributed by atoms with Crippen molar-refractivity contribution >= 4 is 29.1 Å². The van der Waals surface area contributed by atoms with Gasteiger partial charge in [0.05, 0.1) is 0 Å². The number of nitrogens with zero attached hydrogens (tertiary/aromatic N) is 5. The number of piperidine rings is 3. The maximum absolute atomic E-state index is 13.2. The molecule has 4 fully saturated rings. The van der Waals surface area contributed by atoms with Gasteiger partial charge in [-0.2, -0.15) is 0 Å². The minimum atomic E-state index is -0.582. The second-order valence-electron chi connectivity index (χ2n) is 17.3. The summed E-state index contributed by atoms with van der Waals surface area (Å²) in [6.07, 6.45) is 7.89. The summed E-state index contributed by atoms with van der Waals surface area (Å²) >= 11 is 0. The lowest BCUT2D eigenvalue weighted by Gasteiger charge is -2.42. The number of aryl methyl sites for hydroxylation is 1. The van der Waals surface area contributed by atoms with Gasteiger partial charge in [0, 0.05) is 81.6 Å². The molecule has 55 heavy (non-hydrogen) atoms. The van der Waals surface area contributed by atoms with Crippen molar-refractivity contribution in [3.05, 3.63) is 88.5 Å². The fraction of sp³-hybridized carbons (Fsp3) is 0.533. The van der Waals surface area contributed by atoms with Crippen molar-refractivity contribution < 1.29 is 19.5 Å². The van der Waals surface area contributed by atoms with Crippen LogP contribution in [0.5, 0.6) is 5.75 Å². The molecule has 6 aliphatic rings. The smallest absolute Gasteiger partial charge is 0.255 e. The Balaban J connectivity index is 0.774. The maximum Gasteiger partial charge on any atom is 0.255 e. The molecule has 5 heterocycles. The average molecular weight is 745 g/mol. The lowest BCUT2D eigenvalue weighted by Crippen LogP contribution is -2.52. The molecule has 5 aliphatic heterocycles. The predicted molar refractivity (Wildman–Crippen MR) is 215 cm³/mol. The van der Waals surface area contributed by atoms with Crippen LogP contribution in [-0.4, -0.2) is 110 Å². The van der Waals surface area contributed by atoms with Gasteiger partial charge in [-0.1, -0.05) is 18.2 Å². The van der Waals surface area contributed by atoms with Gasteiger partial charge < -0.3 is 24.7 Å². The van der Waals surface area contributed by atoms with Crippen molar-refractivity contribution in [2.24, 2.45) is 17.8 Å². The van der Waals surface area contributed by atoms with E-state index in [2.05, 4.69) is 74.4 Å². The zero-order chi connectivity index (χ0) is 37.6. The molecule has 9 rings (SSSR count). The topological polar surface area (TPSA) is 99.7 Å². The third kappa shape index (κ3) is 7.35. The fourth-order valence-electron chi connectivity index (χ4n) is 10.8. The molecule has 0 radical (unpaired) electrons. The van der Waals surface area contributed by atoms with Crippen molar-refractivity contribution in [2.45, 2.75) is 69.9 Å². The van der Waals surface area contributed by atoms with E-state index in [9.17, 15) is 19.5 Å². The highest BCUT2D eigenvalue weighted by molar-refractivity contribution is 6.05. The zero-order valence-corrected chi connectivity index (χ0v) is 32.3. The van der Waals surface area contributed by atoms with Crippen LogP contribution in [0.4, 0.5) is 11.4 Å². The Bertz CT molecular complexity index is 1910. The lowest BCUT2D eigenvalue weighted by molar-refractivity contribution is -0.136. The van der Waals surface area contributed by atoms with E-state index in [4.69, 9.17) is 0 Å². The quantitative estimate of drug-likeness (QED) is 0.318. The maximum atomic E-state index is 13.2. The molecule has 1 aliphatic carbocycles. The number of anilines is 2. The number of aromatic hydroxyl groups is 1. The number of benzene rings is 3. The van der Waals surface area contributed by atoms with Crippen molar-refractivity contribution in [2.75, 3.05) is 75.8 Å².